The Kier molecular flexibility index (Phi) is 5.17. The number of anilines is 2. The molecule has 2 amide bonds. The van der Waals surface area contributed by atoms with Crippen molar-refractivity contribution in [2.75, 3.05) is 10.6 Å². The van der Waals surface area contributed by atoms with Crippen LogP contribution in [-0.4, -0.2) is 11.8 Å². The Bertz CT molecular complexity index is 699. The van der Waals surface area contributed by atoms with E-state index in [1.165, 1.54) is 0 Å². The molecule has 0 saturated heterocycles. The van der Waals surface area contributed by atoms with Crippen molar-refractivity contribution >= 4 is 34.8 Å². The molecule has 0 unspecified atom stereocenters. The molecule has 0 aliphatic rings. The van der Waals surface area contributed by atoms with E-state index in [0.717, 1.165) is 0 Å². The second-order valence-corrected chi connectivity index (χ2v) is 5.57. The van der Waals surface area contributed by atoms with Crippen molar-refractivity contribution in [3.63, 3.8) is 0 Å². The lowest BCUT2D eigenvalue weighted by atomic mass is 10.1. The zero-order valence-electron chi connectivity index (χ0n) is 12.4. The Morgan fingerprint density at radius 1 is 1.00 bits per heavy atom. The topological polar surface area (TPSA) is 58.2 Å². The van der Waals surface area contributed by atoms with Crippen molar-refractivity contribution in [2.45, 2.75) is 13.8 Å². The van der Waals surface area contributed by atoms with E-state index >= 15 is 0 Å². The van der Waals surface area contributed by atoms with Gasteiger partial charge in [0.05, 0.1) is 10.7 Å². The normalized spacial score (nSPS) is 10.4. The van der Waals surface area contributed by atoms with Crippen LogP contribution in [0.4, 0.5) is 11.4 Å². The lowest BCUT2D eigenvalue weighted by molar-refractivity contribution is -0.118. The van der Waals surface area contributed by atoms with E-state index in [0.29, 0.717) is 22.0 Å². The molecule has 4 nitrogen and oxygen atoms in total. The molecule has 2 aromatic rings. The van der Waals surface area contributed by atoms with E-state index in [1.54, 1.807) is 48.5 Å². The molecule has 0 atom stereocenters. The molecule has 0 aliphatic carbocycles. The van der Waals surface area contributed by atoms with E-state index in [9.17, 15) is 9.59 Å². The summed E-state index contributed by atoms with van der Waals surface area (Å²) in [5.74, 6) is -0.502. The second-order valence-electron chi connectivity index (χ2n) is 5.16. The first-order valence-corrected chi connectivity index (χ1v) is 7.32. The van der Waals surface area contributed by atoms with Gasteiger partial charge in [-0.25, -0.2) is 0 Å². The van der Waals surface area contributed by atoms with Crippen LogP contribution in [0.5, 0.6) is 0 Å². The first kappa shape index (κ1) is 16.0. The van der Waals surface area contributed by atoms with Crippen LogP contribution in [0, 0.1) is 5.92 Å². The number of rotatable bonds is 4. The Labute approximate surface area is 134 Å². The Balaban J connectivity index is 2.14. The van der Waals surface area contributed by atoms with Crippen molar-refractivity contribution in [3.8, 4) is 0 Å². The molecule has 0 saturated carbocycles. The SMILES string of the molecule is CC(C)C(=O)Nc1cccc(C(=O)Nc2ccccc2Cl)c1. The van der Waals surface area contributed by atoms with Gasteiger partial charge >= 0.3 is 0 Å². The summed E-state index contributed by atoms with van der Waals surface area (Å²) in [6.45, 7) is 3.62. The summed E-state index contributed by atoms with van der Waals surface area (Å²) in [5, 5.41) is 5.99. The molecule has 22 heavy (non-hydrogen) atoms. The zero-order chi connectivity index (χ0) is 16.1. The van der Waals surface area contributed by atoms with Gasteiger partial charge in [-0.15, -0.1) is 0 Å². The smallest absolute Gasteiger partial charge is 0.255 e. The second kappa shape index (κ2) is 7.09. The summed E-state index contributed by atoms with van der Waals surface area (Å²) >= 11 is 6.02. The van der Waals surface area contributed by atoms with Gasteiger partial charge in [0.15, 0.2) is 0 Å². The fourth-order valence-corrected chi connectivity index (χ4v) is 1.96. The Morgan fingerprint density at radius 3 is 2.41 bits per heavy atom. The van der Waals surface area contributed by atoms with Crippen molar-refractivity contribution in [2.24, 2.45) is 5.92 Å². The summed E-state index contributed by atoms with van der Waals surface area (Å²) < 4.78 is 0. The number of hydrogen-bond donors (Lipinski definition) is 2. The van der Waals surface area contributed by atoms with Crippen molar-refractivity contribution < 1.29 is 9.59 Å². The quantitative estimate of drug-likeness (QED) is 0.888. The first-order chi connectivity index (χ1) is 10.5. The summed E-state index contributed by atoms with van der Waals surface area (Å²) in [7, 11) is 0. The molecule has 5 heteroatoms. The Morgan fingerprint density at radius 2 is 1.73 bits per heavy atom. The van der Waals surface area contributed by atoms with Gasteiger partial charge in [0.25, 0.3) is 5.91 Å². The van der Waals surface area contributed by atoms with E-state index in [4.69, 9.17) is 11.6 Å². The molecule has 0 bridgehead atoms. The van der Waals surface area contributed by atoms with Gasteiger partial charge in [-0.1, -0.05) is 43.6 Å². The minimum atomic E-state index is -0.284. The predicted octanol–water partition coefficient (Wildman–Crippen LogP) is 4.19. The van der Waals surface area contributed by atoms with Crippen LogP contribution in [0.25, 0.3) is 0 Å². The Hall–Kier alpha value is -2.33. The van der Waals surface area contributed by atoms with Crippen LogP contribution in [-0.2, 0) is 4.79 Å². The number of carbonyl (C=O) groups is 2. The molecule has 114 valence electrons. The van der Waals surface area contributed by atoms with Crippen LogP contribution >= 0.6 is 11.6 Å². The average Bonchev–Trinajstić information content (AvgIpc) is 2.49. The van der Waals surface area contributed by atoms with Gasteiger partial charge in [0.2, 0.25) is 5.91 Å². The van der Waals surface area contributed by atoms with Crippen LogP contribution in [0.2, 0.25) is 5.02 Å². The first-order valence-electron chi connectivity index (χ1n) is 6.94. The standard InChI is InChI=1S/C17H17ClN2O2/c1-11(2)16(21)19-13-7-5-6-12(10-13)17(22)20-15-9-4-3-8-14(15)18/h3-11H,1-2H3,(H,19,21)(H,20,22). The summed E-state index contributed by atoms with van der Waals surface area (Å²) in [6, 6.07) is 13.8. The fraction of sp³-hybridized carbons (Fsp3) is 0.176. The molecule has 2 aromatic carbocycles. The van der Waals surface area contributed by atoms with Crippen molar-refractivity contribution in [3.05, 3.63) is 59.1 Å². The molecule has 0 heterocycles. The highest BCUT2D eigenvalue weighted by atomic mass is 35.5. The predicted molar refractivity (Wildman–Crippen MR) is 89.3 cm³/mol. The highest BCUT2D eigenvalue weighted by molar-refractivity contribution is 6.33. The van der Waals surface area contributed by atoms with Gasteiger partial charge in [0.1, 0.15) is 0 Å². The number of benzene rings is 2. The van der Waals surface area contributed by atoms with Crippen LogP contribution in [0.3, 0.4) is 0 Å². The number of carbonyl (C=O) groups excluding carboxylic acids is 2. The van der Waals surface area contributed by atoms with Crippen LogP contribution < -0.4 is 10.6 Å². The maximum Gasteiger partial charge on any atom is 0.255 e. The van der Waals surface area contributed by atoms with Gasteiger partial charge in [-0.3, -0.25) is 9.59 Å². The number of halogens is 1. The highest BCUT2D eigenvalue weighted by Crippen LogP contribution is 2.21. The summed E-state index contributed by atoms with van der Waals surface area (Å²) in [6.07, 6.45) is 0. The van der Waals surface area contributed by atoms with E-state index in [1.807, 2.05) is 13.8 Å². The maximum atomic E-state index is 12.3. The minimum Gasteiger partial charge on any atom is -0.326 e. The largest absolute Gasteiger partial charge is 0.326 e. The number of hydrogen-bond acceptors (Lipinski definition) is 2. The fourth-order valence-electron chi connectivity index (χ4n) is 1.78. The van der Waals surface area contributed by atoms with E-state index in [2.05, 4.69) is 10.6 Å². The van der Waals surface area contributed by atoms with Gasteiger partial charge in [-0.2, -0.15) is 0 Å². The molecule has 0 spiro atoms. The molecule has 0 aromatic heterocycles. The molecule has 2 N–H and O–H groups in total. The lowest BCUT2D eigenvalue weighted by Crippen LogP contribution is -2.18. The van der Waals surface area contributed by atoms with Crippen LogP contribution in [0.15, 0.2) is 48.5 Å². The van der Waals surface area contributed by atoms with E-state index in [-0.39, 0.29) is 17.7 Å². The van der Waals surface area contributed by atoms with Gasteiger partial charge in [0, 0.05) is 17.2 Å². The summed E-state index contributed by atoms with van der Waals surface area (Å²) in [4.78, 5) is 24.0. The van der Waals surface area contributed by atoms with Crippen molar-refractivity contribution in [1.29, 1.82) is 0 Å². The monoisotopic (exact) mass is 316 g/mol. The maximum absolute atomic E-state index is 12.3. The zero-order valence-corrected chi connectivity index (χ0v) is 13.1. The number of amides is 2. The molecular weight excluding hydrogens is 300 g/mol. The van der Waals surface area contributed by atoms with Gasteiger partial charge in [-0.05, 0) is 30.3 Å². The number of para-hydroxylation sites is 1. The van der Waals surface area contributed by atoms with E-state index < -0.39 is 0 Å². The molecule has 0 radical (unpaired) electrons. The molecular formula is C17H17ClN2O2. The average molecular weight is 317 g/mol. The third-order valence-electron chi connectivity index (χ3n) is 3.04. The molecule has 0 aliphatic heterocycles. The molecule has 0 fully saturated rings. The summed E-state index contributed by atoms with van der Waals surface area (Å²) in [5.41, 5.74) is 1.58. The lowest BCUT2D eigenvalue weighted by Gasteiger charge is -2.10. The van der Waals surface area contributed by atoms with Gasteiger partial charge < -0.3 is 10.6 Å². The van der Waals surface area contributed by atoms with Crippen molar-refractivity contribution in [1.82, 2.24) is 0 Å². The third kappa shape index (κ3) is 4.09. The molecule has 2 rings (SSSR count). The minimum absolute atomic E-state index is 0.0938. The highest BCUT2D eigenvalue weighted by Gasteiger charge is 2.11. The van der Waals surface area contributed by atoms with Crippen LogP contribution in [0.1, 0.15) is 24.2 Å². The third-order valence-corrected chi connectivity index (χ3v) is 3.37. The number of nitrogens with one attached hydrogen (secondary N) is 2.